The van der Waals surface area contributed by atoms with Crippen LogP contribution in [0, 0.1) is 5.82 Å². The minimum Gasteiger partial charge on any atom is -0.325 e. The monoisotopic (exact) mass is 406 g/mol. The molecule has 1 N–H and O–H groups in total. The molecule has 29 heavy (non-hydrogen) atoms. The summed E-state index contributed by atoms with van der Waals surface area (Å²) in [5, 5.41) is 8.17. The van der Waals surface area contributed by atoms with E-state index in [-0.39, 0.29) is 17.5 Å². The van der Waals surface area contributed by atoms with E-state index in [1.165, 1.54) is 29.5 Å². The molecule has 7 heteroatoms. The van der Waals surface area contributed by atoms with Crippen molar-refractivity contribution >= 4 is 28.9 Å². The first-order valence-corrected chi connectivity index (χ1v) is 10.2. The molecule has 146 valence electrons. The normalized spacial score (nSPS) is 11.0. The summed E-state index contributed by atoms with van der Waals surface area (Å²) < 4.78 is 14.9. The third-order valence-electron chi connectivity index (χ3n) is 4.45. The van der Waals surface area contributed by atoms with Gasteiger partial charge in [-0.1, -0.05) is 30.8 Å². The molecule has 4 aromatic rings. The standard InChI is InChI=1S/C22H19FN4OS/c1-2-15-4-3-5-18(12-15)25-21(28)14-29-22-20-13-19(26-27(20)11-10-24-22)16-6-8-17(23)9-7-16/h3-13H,2,14H2,1H3,(H,25,28). The number of carbonyl (C=O) groups is 1. The Bertz CT molecular complexity index is 1160. The van der Waals surface area contributed by atoms with Gasteiger partial charge in [-0.25, -0.2) is 13.9 Å². The van der Waals surface area contributed by atoms with Crippen LogP contribution in [0.4, 0.5) is 10.1 Å². The van der Waals surface area contributed by atoms with Crippen molar-refractivity contribution in [2.45, 2.75) is 18.4 Å². The van der Waals surface area contributed by atoms with Gasteiger partial charge in [-0.05, 0) is 54.4 Å². The summed E-state index contributed by atoms with van der Waals surface area (Å²) in [5.74, 6) is -0.142. The van der Waals surface area contributed by atoms with Gasteiger partial charge in [0, 0.05) is 23.6 Å². The smallest absolute Gasteiger partial charge is 0.234 e. The van der Waals surface area contributed by atoms with Crippen molar-refractivity contribution in [3.63, 3.8) is 0 Å². The second kappa shape index (κ2) is 8.45. The third kappa shape index (κ3) is 4.46. The van der Waals surface area contributed by atoms with E-state index in [2.05, 4.69) is 22.3 Å². The summed E-state index contributed by atoms with van der Waals surface area (Å²) in [6.45, 7) is 2.08. The highest BCUT2D eigenvalue weighted by molar-refractivity contribution is 8.00. The maximum Gasteiger partial charge on any atom is 0.234 e. The van der Waals surface area contributed by atoms with Gasteiger partial charge in [-0.15, -0.1) is 0 Å². The Balaban J connectivity index is 1.49. The van der Waals surface area contributed by atoms with Gasteiger partial charge in [0.2, 0.25) is 5.91 Å². The predicted octanol–water partition coefficient (Wildman–Crippen LogP) is 4.83. The van der Waals surface area contributed by atoms with Crippen LogP contribution < -0.4 is 5.32 Å². The number of aryl methyl sites for hydroxylation is 1. The Morgan fingerprint density at radius 1 is 1.17 bits per heavy atom. The van der Waals surface area contributed by atoms with Crippen LogP contribution in [-0.4, -0.2) is 26.3 Å². The molecule has 2 aromatic carbocycles. The van der Waals surface area contributed by atoms with Crippen LogP contribution in [0.1, 0.15) is 12.5 Å². The average Bonchev–Trinajstić information content (AvgIpc) is 3.18. The molecule has 5 nitrogen and oxygen atoms in total. The number of rotatable bonds is 6. The molecule has 1 amide bonds. The molecule has 2 heterocycles. The Hall–Kier alpha value is -3.19. The number of amides is 1. The van der Waals surface area contributed by atoms with E-state index in [1.807, 2.05) is 30.3 Å². The van der Waals surface area contributed by atoms with Crippen molar-refractivity contribution in [1.29, 1.82) is 0 Å². The first kappa shape index (κ1) is 19.1. The molecule has 0 aliphatic rings. The van der Waals surface area contributed by atoms with Crippen molar-refractivity contribution in [2.24, 2.45) is 0 Å². The zero-order valence-electron chi connectivity index (χ0n) is 15.8. The van der Waals surface area contributed by atoms with Crippen molar-refractivity contribution in [3.05, 3.63) is 78.4 Å². The highest BCUT2D eigenvalue weighted by Gasteiger charge is 2.12. The van der Waals surface area contributed by atoms with Gasteiger partial charge in [0.1, 0.15) is 10.8 Å². The number of benzene rings is 2. The Labute approximate surface area is 172 Å². The number of hydrogen-bond donors (Lipinski definition) is 1. The van der Waals surface area contributed by atoms with E-state index in [9.17, 15) is 9.18 Å². The lowest BCUT2D eigenvalue weighted by Gasteiger charge is -2.07. The van der Waals surface area contributed by atoms with Crippen molar-refractivity contribution < 1.29 is 9.18 Å². The van der Waals surface area contributed by atoms with Gasteiger partial charge in [-0.3, -0.25) is 4.79 Å². The summed E-state index contributed by atoms with van der Waals surface area (Å²) in [7, 11) is 0. The summed E-state index contributed by atoms with van der Waals surface area (Å²) in [4.78, 5) is 16.8. The fourth-order valence-corrected chi connectivity index (χ4v) is 3.75. The van der Waals surface area contributed by atoms with Crippen LogP contribution >= 0.6 is 11.8 Å². The number of fused-ring (bicyclic) bond motifs is 1. The fourth-order valence-electron chi connectivity index (χ4n) is 2.97. The number of hydrogen-bond acceptors (Lipinski definition) is 4. The molecule has 0 aliphatic heterocycles. The van der Waals surface area contributed by atoms with Gasteiger partial charge in [-0.2, -0.15) is 5.10 Å². The van der Waals surface area contributed by atoms with Crippen LogP contribution in [0.2, 0.25) is 0 Å². The number of anilines is 1. The van der Waals surface area contributed by atoms with Gasteiger partial charge in [0.05, 0.1) is 17.0 Å². The maximum atomic E-state index is 13.2. The summed E-state index contributed by atoms with van der Waals surface area (Å²) in [6, 6.07) is 15.9. The lowest BCUT2D eigenvalue weighted by atomic mass is 10.1. The van der Waals surface area contributed by atoms with Crippen LogP contribution in [-0.2, 0) is 11.2 Å². The van der Waals surface area contributed by atoms with Crippen LogP contribution in [0.25, 0.3) is 16.8 Å². The number of nitrogens with zero attached hydrogens (tertiary/aromatic N) is 3. The number of aromatic nitrogens is 3. The molecule has 4 rings (SSSR count). The van der Waals surface area contributed by atoms with Crippen molar-refractivity contribution in [1.82, 2.24) is 14.6 Å². The molecule has 0 radical (unpaired) electrons. The minimum atomic E-state index is -0.286. The highest BCUT2D eigenvalue weighted by atomic mass is 32.2. The molecule has 0 saturated heterocycles. The lowest BCUT2D eigenvalue weighted by Crippen LogP contribution is -2.14. The predicted molar refractivity (Wildman–Crippen MR) is 114 cm³/mol. The van der Waals surface area contributed by atoms with Crippen LogP contribution in [0.3, 0.4) is 0 Å². The Morgan fingerprint density at radius 2 is 2.00 bits per heavy atom. The molecule has 0 fully saturated rings. The average molecular weight is 406 g/mol. The van der Waals surface area contributed by atoms with Gasteiger partial charge >= 0.3 is 0 Å². The van der Waals surface area contributed by atoms with E-state index in [0.717, 1.165) is 28.9 Å². The quantitative estimate of drug-likeness (QED) is 0.466. The number of carbonyl (C=O) groups excluding carboxylic acids is 1. The van der Waals surface area contributed by atoms with E-state index in [0.29, 0.717) is 5.03 Å². The van der Waals surface area contributed by atoms with E-state index in [4.69, 9.17) is 0 Å². The van der Waals surface area contributed by atoms with Crippen molar-refractivity contribution in [3.8, 4) is 11.3 Å². The summed E-state index contributed by atoms with van der Waals surface area (Å²) in [5.41, 5.74) is 4.32. The zero-order chi connectivity index (χ0) is 20.2. The second-order valence-corrected chi connectivity index (χ2v) is 7.45. The molecule has 0 unspecified atom stereocenters. The molecule has 0 atom stereocenters. The number of nitrogens with one attached hydrogen (secondary N) is 1. The van der Waals surface area contributed by atoms with Crippen molar-refractivity contribution in [2.75, 3.05) is 11.1 Å². The van der Waals surface area contributed by atoms with E-state index < -0.39 is 0 Å². The van der Waals surface area contributed by atoms with Gasteiger partial charge in [0.15, 0.2) is 0 Å². The Morgan fingerprint density at radius 3 is 2.79 bits per heavy atom. The Kier molecular flexibility index (Phi) is 5.57. The molecular weight excluding hydrogens is 387 g/mol. The SMILES string of the molecule is CCc1cccc(NC(=O)CSc2nccn3nc(-c4ccc(F)cc4)cc23)c1. The highest BCUT2D eigenvalue weighted by Crippen LogP contribution is 2.26. The lowest BCUT2D eigenvalue weighted by molar-refractivity contribution is -0.113. The molecule has 2 aromatic heterocycles. The molecular formula is C22H19FN4OS. The first-order chi connectivity index (χ1) is 14.1. The topological polar surface area (TPSA) is 59.3 Å². The zero-order valence-corrected chi connectivity index (χ0v) is 16.6. The largest absolute Gasteiger partial charge is 0.325 e. The van der Waals surface area contributed by atoms with Gasteiger partial charge < -0.3 is 5.32 Å². The van der Waals surface area contributed by atoms with Crippen LogP contribution in [0.5, 0.6) is 0 Å². The first-order valence-electron chi connectivity index (χ1n) is 9.24. The van der Waals surface area contributed by atoms with Gasteiger partial charge in [0.25, 0.3) is 0 Å². The third-order valence-corrected chi connectivity index (χ3v) is 5.45. The van der Waals surface area contributed by atoms with E-state index in [1.54, 1.807) is 29.0 Å². The fraction of sp³-hybridized carbons (Fsp3) is 0.136. The number of thioether (sulfide) groups is 1. The second-order valence-electron chi connectivity index (χ2n) is 6.49. The van der Waals surface area contributed by atoms with E-state index >= 15 is 0 Å². The summed E-state index contributed by atoms with van der Waals surface area (Å²) in [6.07, 6.45) is 4.32. The minimum absolute atomic E-state index is 0.0923. The molecule has 0 saturated carbocycles. The molecule has 0 spiro atoms. The molecule has 0 aliphatic carbocycles. The number of halogens is 1. The van der Waals surface area contributed by atoms with Crippen LogP contribution in [0.15, 0.2) is 72.0 Å². The summed E-state index contributed by atoms with van der Waals surface area (Å²) >= 11 is 1.35. The molecule has 0 bridgehead atoms. The maximum absolute atomic E-state index is 13.2.